The predicted molar refractivity (Wildman–Crippen MR) is 233 cm³/mol. The number of rotatable bonds is 40. The van der Waals surface area contributed by atoms with E-state index in [2.05, 4.69) is 75.5 Å². The van der Waals surface area contributed by atoms with Gasteiger partial charge >= 0.3 is 17.9 Å². The van der Waals surface area contributed by atoms with Gasteiger partial charge in [-0.3, -0.25) is 14.4 Å². The number of carbonyl (C=O) groups is 3. The molecule has 0 aromatic heterocycles. The molecule has 6 heteroatoms. The first-order valence-corrected chi connectivity index (χ1v) is 22.8. The van der Waals surface area contributed by atoms with Gasteiger partial charge in [0.05, 0.1) is 0 Å². The van der Waals surface area contributed by atoms with E-state index < -0.39 is 6.10 Å². The fraction of sp³-hybridized carbons (Fsp3) is 0.735. The van der Waals surface area contributed by atoms with E-state index in [1.807, 2.05) is 6.08 Å². The van der Waals surface area contributed by atoms with Crippen molar-refractivity contribution in [2.45, 2.75) is 219 Å². The average molecular weight is 769 g/mol. The quantitative estimate of drug-likeness (QED) is 0.0203. The molecule has 0 saturated carbocycles. The summed E-state index contributed by atoms with van der Waals surface area (Å²) < 4.78 is 16.6. The highest BCUT2D eigenvalue weighted by Gasteiger charge is 2.19. The van der Waals surface area contributed by atoms with Crippen molar-refractivity contribution in [1.29, 1.82) is 0 Å². The zero-order chi connectivity index (χ0) is 40.1. The van der Waals surface area contributed by atoms with Crippen molar-refractivity contribution in [3.8, 4) is 0 Å². The van der Waals surface area contributed by atoms with Gasteiger partial charge in [0.15, 0.2) is 6.10 Å². The highest BCUT2D eigenvalue weighted by Crippen LogP contribution is 2.12. The van der Waals surface area contributed by atoms with Crippen LogP contribution in [0.25, 0.3) is 0 Å². The van der Waals surface area contributed by atoms with E-state index >= 15 is 0 Å². The minimum absolute atomic E-state index is 0.112. The zero-order valence-electron chi connectivity index (χ0n) is 35.9. The summed E-state index contributed by atoms with van der Waals surface area (Å²) in [5.41, 5.74) is 0. The second-order valence-corrected chi connectivity index (χ2v) is 15.0. The number of carbonyl (C=O) groups excluding carboxylic acids is 3. The van der Waals surface area contributed by atoms with Crippen LogP contribution in [0, 0.1) is 0 Å². The first-order valence-electron chi connectivity index (χ1n) is 22.8. The molecule has 0 radical (unpaired) electrons. The average Bonchev–Trinajstić information content (AvgIpc) is 3.18. The molecule has 6 nitrogen and oxygen atoms in total. The number of ether oxygens (including phenoxy) is 3. The van der Waals surface area contributed by atoms with Crippen LogP contribution in [0.4, 0.5) is 0 Å². The van der Waals surface area contributed by atoms with E-state index in [1.165, 1.54) is 109 Å². The third-order valence-electron chi connectivity index (χ3n) is 9.51. The van der Waals surface area contributed by atoms with Gasteiger partial charge in [-0.25, -0.2) is 0 Å². The Morgan fingerprint density at radius 3 is 1.33 bits per heavy atom. The Morgan fingerprint density at radius 2 is 0.764 bits per heavy atom. The maximum atomic E-state index is 12.7. The van der Waals surface area contributed by atoms with Crippen LogP contribution in [0.2, 0.25) is 0 Å². The van der Waals surface area contributed by atoms with Gasteiger partial charge in [-0.15, -0.1) is 0 Å². The molecule has 0 aliphatic carbocycles. The molecule has 0 aliphatic rings. The van der Waals surface area contributed by atoms with Crippen LogP contribution >= 0.6 is 0 Å². The summed E-state index contributed by atoms with van der Waals surface area (Å²) in [7, 11) is 0. The Hall–Kier alpha value is -2.89. The normalized spacial score (nSPS) is 12.6. The molecule has 1 atom stereocenters. The summed E-state index contributed by atoms with van der Waals surface area (Å²) in [6.45, 7) is 6.46. The first-order chi connectivity index (χ1) is 27.0. The SMILES string of the molecule is CCCCC/C=C\C=C/CCCCCCCCC(=O)OCC(COC(=O)CCC/C=C\CCCCCC)OC(=O)CC/C=C\C/C=C\CCCCCCCC. The Kier molecular flexibility index (Phi) is 41.5. The fourth-order valence-electron chi connectivity index (χ4n) is 6.02. The maximum absolute atomic E-state index is 12.7. The molecule has 0 aliphatic heterocycles. The molecule has 0 amide bonds. The third-order valence-corrected chi connectivity index (χ3v) is 9.51. The number of unbranched alkanes of at least 4 members (excludes halogenated alkanes) is 20. The molecular weight excluding hydrogens is 685 g/mol. The zero-order valence-corrected chi connectivity index (χ0v) is 35.9. The van der Waals surface area contributed by atoms with E-state index in [0.29, 0.717) is 25.7 Å². The minimum Gasteiger partial charge on any atom is -0.462 e. The number of esters is 3. The second kappa shape index (κ2) is 43.8. The number of hydrogen-bond acceptors (Lipinski definition) is 6. The van der Waals surface area contributed by atoms with Gasteiger partial charge in [-0.1, -0.05) is 171 Å². The van der Waals surface area contributed by atoms with Gasteiger partial charge in [0.25, 0.3) is 0 Å². The van der Waals surface area contributed by atoms with Gasteiger partial charge in [-0.05, 0) is 83.5 Å². The molecule has 0 fully saturated rings. The number of allylic oxidation sites excluding steroid dienone is 10. The molecule has 55 heavy (non-hydrogen) atoms. The lowest BCUT2D eigenvalue weighted by Gasteiger charge is -2.18. The molecule has 0 aromatic carbocycles. The van der Waals surface area contributed by atoms with Crippen LogP contribution in [0.5, 0.6) is 0 Å². The topological polar surface area (TPSA) is 78.9 Å². The summed E-state index contributed by atoms with van der Waals surface area (Å²) in [5, 5.41) is 0. The molecule has 0 N–H and O–H groups in total. The van der Waals surface area contributed by atoms with Gasteiger partial charge in [0.2, 0.25) is 0 Å². The van der Waals surface area contributed by atoms with Crippen LogP contribution in [0.15, 0.2) is 60.8 Å². The lowest BCUT2D eigenvalue weighted by atomic mass is 10.1. The Morgan fingerprint density at radius 1 is 0.382 bits per heavy atom. The Balaban J connectivity index is 4.47. The van der Waals surface area contributed by atoms with Crippen molar-refractivity contribution in [3.63, 3.8) is 0 Å². The van der Waals surface area contributed by atoms with E-state index in [0.717, 1.165) is 51.4 Å². The van der Waals surface area contributed by atoms with Gasteiger partial charge in [0, 0.05) is 19.3 Å². The van der Waals surface area contributed by atoms with Crippen molar-refractivity contribution in [3.05, 3.63) is 60.8 Å². The fourth-order valence-corrected chi connectivity index (χ4v) is 6.02. The summed E-state index contributed by atoms with van der Waals surface area (Å²) in [5.74, 6) is -1.03. The van der Waals surface area contributed by atoms with Gasteiger partial charge < -0.3 is 14.2 Å². The highest BCUT2D eigenvalue weighted by atomic mass is 16.6. The highest BCUT2D eigenvalue weighted by molar-refractivity contribution is 5.71. The molecule has 0 spiro atoms. The Bertz CT molecular complexity index is 1020. The second-order valence-electron chi connectivity index (χ2n) is 15.0. The number of hydrogen-bond donors (Lipinski definition) is 0. The van der Waals surface area contributed by atoms with Crippen molar-refractivity contribution in [2.24, 2.45) is 0 Å². The molecule has 0 rings (SSSR count). The molecule has 0 saturated heterocycles. The molecule has 0 heterocycles. The first kappa shape index (κ1) is 52.1. The van der Waals surface area contributed by atoms with E-state index in [-0.39, 0.29) is 37.5 Å². The third kappa shape index (κ3) is 42.1. The van der Waals surface area contributed by atoms with E-state index in [4.69, 9.17) is 14.2 Å². The predicted octanol–water partition coefficient (Wildman–Crippen LogP) is 14.5. The molecular formula is C49H84O6. The minimum atomic E-state index is -0.817. The summed E-state index contributed by atoms with van der Waals surface area (Å²) in [4.78, 5) is 37.6. The van der Waals surface area contributed by atoms with Crippen molar-refractivity contribution in [2.75, 3.05) is 13.2 Å². The monoisotopic (exact) mass is 769 g/mol. The Labute approximate surface area is 339 Å². The molecule has 316 valence electrons. The summed E-state index contributed by atoms with van der Waals surface area (Å²) >= 11 is 0. The van der Waals surface area contributed by atoms with E-state index in [1.54, 1.807) is 0 Å². The maximum Gasteiger partial charge on any atom is 0.306 e. The van der Waals surface area contributed by atoms with Crippen molar-refractivity contribution in [1.82, 2.24) is 0 Å². The van der Waals surface area contributed by atoms with Crippen molar-refractivity contribution >= 4 is 17.9 Å². The summed E-state index contributed by atoms with van der Waals surface area (Å²) in [6, 6.07) is 0. The van der Waals surface area contributed by atoms with Crippen molar-refractivity contribution < 1.29 is 28.6 Å². The van der Waals surface area contributed by atoms with E-state index in [9.17, 15) is 14.4 Å². The molecule has 0 bridgehead atoms. The summed E-state index contributed by atoms with van der Waals surface area (Å²) in [6.07, 6.45) is 52.2. The standard InChI is InChI=1S/C49H84O6/c1-4-7-10-13-16-19-21-23-24-26-27-30-33-36-39-42-48(51)54-45-46(44-53-47(50)41-38-35-32-29-18-15-12-9-6-3)55-49(52)43-40-37-34-31-28-25-22-20-17-14-11-8-5-2/h16,19,21,23,25,28-29,32,34,37,46H,4-15,17-18,20,22,24,26-27,30-31,33,35-36,38-45H2,1-3H3/b19-16-,23-21-,28-25-,32-29-,37-34-. The van der Waals surface area contributed by atoms with Crippen LogP contribution in [-0.2, 0) is 28.6 Å². The smallest absolute Gasteiger partial charge is 0.306 e. The van der Waals surface area contributed by atoms with Crippen LogP contribution in [0.1, 0.15) is 213 Å². The lowest BCUT2D eigenvalue weighted by molar-refractivity contribution is -0.166. The van der Waals surface area contributed by atoms with Crippen LogP contribution in [-0.4, -0.2) is 37.2 Å². The van der Waals surface area contributed by atoms with Gasteiger partial charge in [0.1, 0.15) is 13.2 Å². The lowest BCUT2D eigenvalue weighted by Crippen LogP contribution is -2.30. The van der Waals surface area contributed by atoms with Crippen LogP contribution < -0.4 is 0 Å². The largest absolute Gasteiger partial charge is 0.462 e. The molecule has 0 aromatic rings. The molecule has 1 unspecified atom stereocenters. The van der Waals surface area contributed by atoms with Gasteiger partial charge in [-0.2, -0.15) is 0 Å². The van der Waals surface area contributed by atoms with Crippen LogP contribution in [0.3, 0.4) is 0 Å².